The van der Waals surface area contributed by atoms with Crippen LogP contribution in [0.2, 0.25) is 5.15 Å². The minimum Gasteiger partial charge on any atom is -0.236 e. The first kappa shape index (κ1) is 10.9. The van der Waals surface area contributed by atoms with E-state index in [0.29, 0.717) is 6.07 Å². The first-order chi connectivity index (χ1) is 7.58. The Hall–Kier alpha value is -1.62. The van der Waals surface area contributed by atoms with Gasteiger partial charge in [-0.25, -0.2) is 23.1 Å². The van der Waals surface area contributed by atoms with Gasteiger partial charge in [-0.05, 0) is 6.07 Å². The van der Waals surface area contributed by atoms with E-state index < -0.39 is 17.5 Å². The maximum absolute atomic E-state index is 13.4. The van der Waals surface area contributed by atoms with Gasteiger partial charge in [0.25, 0.3) is 0 Å². The molecule has 2 aromatic rings. The summed E-state index contributed by atoms with van der Waals surface area (Å²) in [6.07, 6.45) is 1.08. The Kier molecular flexibility index (Phi) is 2.78. The number of benzene rings is 1. The average Bonchev–Trinajstić information content (AvgIpc) is 2.23. The van der Waals surface area contributed by atoms with Crippen LogP contribution in [0.4, 0.5) is 13.2 Å². The smallest absolute Gasteiger partial charge is 0.168 e. The fourth-order valence-electron chi connectivity index (χ4n) is 1.22. The lowest BCUT2D eigenvalue weighted by Crippen LogP contribution is -1.94. The molecule has 0 aliphatic carbocycles. The molecule has 0 bridgehead atoms. The monoisotopic (exact) mass is 244 g/mol. The Morgan fingerprint density at radius 2 is 1.75 bits per heavy atom. The van der Waals surface area contributed by atoms with Gasteiger partial charge in [0, 0.05) is 17.7 Å². The summed E-state index contributed by atoms with van der Waals surface area (Å²) in [6, 6.07) is 2.53. The van der Waals surface area contributed by atoms with Crippen molar-refractivity contribution in [2.75, 3.05) is 0 Å². The van der Waals surface area contributed by atoms with E-state index in [2.05, 4.69) is 9.97 Å². The van der Waals surface area contributed by atoms with Gasteiger partial charge in [0.15, 0.2) is 11.6 Å². The maximum Gasteiger partial charge on any atom is 0.168 e. The first-order valence-corrected chi connectivity index (χ1v) is 4.58. The van der Waals surface area contributed by atoms with Gasteiger partial charge in [0.2, 0.25) is 0 Å². The fourth-order valence-corrected chi connectivity index (χ4v) is 1.37. The number of hydrogen-bond donors (Lipinski definition) is 0. The van der Waals surface area contributed by atoms with Crippen molar-refractivity contribution in [3.05, 3.63) is 47.1 Å². The summed E-state index contributed by atoms with van der Waals surface area (Å²) < 4.78 is 39.2. The van der Waals surface area contributed by atoms with Crippen molar-refractivity contribution >= 4 is 11.6 Å². The molecule has 0 N–H and O–H groups in total. The van der Waals surface area contributed by atoms with Gasteiger partial charge in [0.1, 0.15) is 17.3 Å². The van der Waals surface area contributed by atoms with Gasteiger partial charge in [-0.15, -0.1) is 0 Å². The highest BCUT2D eigenvalue weighted by Crippen LogP contribution is 2.25. The molecule has 0 spiro atoms. The molecule has 0 amide bonds. The van der Waals surface area contributed by atoms with Crippen molar-refractivity contribution in [1.29, 1.82) is 0 Å². The molecule has 0 atom stereocenters. The van der Waals surface area contributed by atoms with E-state index in [1.165, 1.54) is 6.07 Å². The number of halogens is 4. The molecular formula is C10H4ClF3N2. The predicted octanol–water partition coefficient (Wildman–Crippen LogP) is 3.21. The molecule has 6 heteroatoms. The molecule has 2 rings (SSSR count). The molecule has 1 aromatic heterocycles. The lowest BCUT2D eigenvalue weighted by atomic mass is 10.1. The van der Waals surface area contributed by atoms with Crippen LogP contribution in [-0.4, -0.2) is 9.97 Å². The van der Waals surface area contributed by atoms with E-state index in [-0.39, 0.29) is 16.4 Å². The first-order valence-electron chi connectivity index (χ1n) is 4.20. The highest BCUT2D eigenvalue weighted by atomic mass is 35.5. The van der Waals surface area contributed by atoms with Crippen LogP contribution >= 0.6 is 11.6 Å². The summed E-state index contributed by atoms with van der Waals surface area (Å²) in [4.78, 5) is 7.27. The molecule has 0 radical (unpaired) electrons. The third kappa shape index (κ3) is 1.99. The largest absolute Gasteiger partial charge is 0.236 e. The van der Waals surface area contributed by atoms with E-state index >= 15 is 0 Å². The standard InChI is InChI=1S/C10H4ClF3N2/c11-9-3-8(15-4-16-9)6-1-5(12)2-7(13)10(6)14/h1-4H. The van der Waals surface area contributed by atoms with Crippen molar-refractivity contribution in [2.24, 2.45) is 0 Å². The number of nitrogens with zero attached hydrogens (tertiary/aromatic N) is 2. The molecule has 2 nitrogen and oxygen atoms in total. The van der Waals surface area contributed by atoms with Gasteiger partial charge in [-0.1, -0.05) is 11.6 Å². The summed E-state index contributed by atoms with van der Waals surface area (Å²) in [5.74, 6) is -3.33. The van der Waals surface area contributed by atoms with Crippen molar-refractivity contribution in [3.63, 3.8) is 0 Å². The summed E-state index contributed by atoms with van der Waals surface area (Å²) in [5, 5.41) is 0.0640. The molecule has 82 valence electrons. The van der Waals surface area contributed by atoms with Crippen molar-refractivity contribution in [3.8, 4) is 11.3 Å². The highest BCUT2D eigenvalue weighted by molar-refractivity contribution is 6.29. The van der Waals surface area contributed by atoms with Crippen molar-refractivity contribution < 1.29 is 13.2 Å². The minimum absolute atomic E-state index is 0.0240. The molecule has 16 heavy (non-hydrogen) atoms. The van der Waals surface area contributed by atoms with Crippen molar-refractivity contribution in [1.82, 2.24) is 9.97 Å². The predicted molar refractivity (Wildman–Crippen MR) is 52.4 cm³/mol. The Bertz CT molecular complexity index is 546. The summed E-state index contributed by atoms with van der Waals surface area (Å²) in [7, 11) is 0. The molecule has 1 heterocycles. The van der Waals surface area contributed by atoms with Gasteiger partial charge in [0.05, 0.1) is 5.69 Å². The van der Waals surface area contributed by atoms with Crippen LogP contribution in [0.3, 0.4) is 0 Å². The minimum atomic E-state index is -1.27. The molecule has 0 saturated carbocycles. The second kappa shape index (κ2) is 4.09. The van der Waals surface area contributed by atoms with Crippen LogP contribution < -0.4 is 0 Å². The third-order valence-corrected chi connectivity index (χ3v) is 2.11. The van der Waals surface area contributed by atoms with Crippen molar-refractivity contribution in [2.45, 2.75) is 0 Å². The SMILES string of the molecule is Fc1cc(F)c(F)c(-c2cc(Cl)ncn2)c1. The molecule has 1 aromatic carbocycles. The van der Waals surface area contributed by atoms with Crippen LogP contribution in [0.15, 0.2) is 24.5 Å². The second-order valence-electron chi connectivity index (χ2n) is 2.98. The zero-order valence-electron chi connectivity index (χ0n) is 7.72. The highest BCUT2D eigenvalue weighted by Gasteiger charge is 2.14. The van der Waals surface area contributed by atoms with E-state index in [1.54, 1.807) is 0 Å². The quantitative estimate of drug-likeness (QED) is 0.569. The maximum atomic E-state index is 13.4. The number of rotatable bonds is 1. The van der Waals surface area contributed by atoms with Gasteiger partial charge in [-0.2, -0.15) is 0 Å². The molecule has 0 aliphatic rings. The number of aromatic nitrogens is 2. The van der Waals surface area contributed by atoms with E-state index in [0.717, 1.165) is 12.4 Å². The third-order valence-electron chi connectivity index (χ3n) is 1.90. The molecule has 0 unspecified atom stereocenters. The second-order valence-corrected chi connectivity index (χ2v) is 3.36. The Labute approximate surface area is 93.7 Å². The molecule has 0 saturated heterocycles. The average molecular weight is 245 g/mol. The zero-order chi connectivity index (χ0) is 11.7. The van der Waals surface area contributed by atoms with Gasteiger partial charge < -0.3 is 0 Å². The molecule has 0 fully saturated rings. The van der Waals surface area contributed by atoms with Gasteiger partial charge in [-0.3, -0.25) is 0 Å². The van der Waals surface area contributed by atoms with E-state index in [4.69, 9.17) is 11.6 Å². The van der Waals surface area contributed by atoms with E-state index in [9.17, 15) is 13.2 Å². The summed E-state index contributed by atoms with van der Waals surface area (Å²) in [6.45, 7) is 0. The lowest BCUT2D eigenvalue weighted by Gasteiger charge is -2.03. The molecule has 0 aliphatic heterocycles. The van der Waals surface area contributed by atoms with Gasteiger partial charge >= 0.3 is 0 Å². The Morgan fingerprint density at radius 3 is 2.44 bits per heavy atom. The van der Waals surface area contributed by atoms with Crippen LogP contribution in [-0.2, 0) is 0 Å². The van der Waals surface area contributed by atoms with Crippen LogP contribution in [0.25, 0.3) is 11.3 Å². The van der Waals surface area contributed by atoms with E-state index in [1.807, 2.05) is 0 Å². The van der Waals surface area contributed by atoms with Crippen LogP contribution in [0.5, 0.6) is 0 Å². The number of hydrogen-bond acceptors (Lipinski definition) is 2. The zero-order valence-corrected chi connectivity index (χ0v) is 8.47. The topological polar surface area (TPSA) is 25.8 Å². The fraction of sp³-hybridized carbons (Fsp3) is 0. The summed E-state index contributed by atoms with van der Waals surface area (Å²) >= 11 is 5.57. The Morgan fingerprint density at radius 1 is 1.00 bits per heavy atom. The normalized spacial score (nSPS) is 10.5. The molecular weight excluding hydrogens is 241 g/mol. The summed E-state index contributed by atoms with van der Waals surface area (Å²) in [5.41, 5.74) is -0.266. The Balaban J connectivity index is 2.64. The van der Waals surface area contributed by atoms with Crippen LogP contribution in [0, 0.1) is 17.5 Å². The lowest BCUT2D eigenvalue weighted by molar-refractivity contribution is 0.497. The van der Waals surface area contributed by atoms with Crippen LogP contribution in [0.1, 0.15) is 0 Å².